The van der Waals surface area contributed by atoms with Gasteiger partial charge >= 0.3 is 29.6 Å². The monoisotopic (exact) mass is 594 g/mol. The predicted octanol–water partition coefficient (Wildman–Crippen LogP) is 0.416. The molecule has 0 aromatic heterocycles. The van der Waals surface area contributed by atoms with Gasteiger partial charge in [-0.25, -0.2) is 8.42 Å². The number of hydrogen-bond donors (Lipinski definition) is 1. The molecular formula is C30H35NaO9S. The Morgan fingerprint density at radius 1 is 0.683 bits per heavy atom. The fourth-order valence-corrected chi connectivity index (χ4v) is 5.15. The van der Waals surface area contributed by atoms with E-state index in [0.717, 1.165) is 16.7 Å². The van der Waals surface area contributed by atoms with Crippen LogP contribution in [0, 0.1) is 0 Å². The van der Waals surface area contributed by atoms with Gasteiger partial charge in [0.25, 0.3) is 0 Å². The Morgan fingerprint density at radius 3 is 1.56 bits per heavy atom. The first kappa shape index (κ1) is 33.8. The molecule has 3 aromatic rings. The van der Waals surface area contributed by atoms with Gasteiger partial charge in [-0.3, -0.25) is 0 Å². The third-order valence-corrected chi connectivity index (χ3v) is 7.14. The third-order valence-electron chi connectivity index (χ3n) is 6.40. The maximum absolute atomic E-state index is 11.9. The van der Waals surface area contributed by atoms with Crippen molar-refractivity contribution >= 4 is 10.1 Å². The van der Waals surface area contributed by atoms with E-state index in [9.17, 15) is 18.1 Å². The SMILES string of the molecule is O=S(=O)([O-])C[C@H]1O[C@H](OCCCO)[C@H](OCc2ccccc2)[C@@H](OCc2ccccc2)[C@H]1OCc1ccccc1.[Na+]. The van der Waals surface area contributed by atoms with E-state index < -0.39 is 46.6 Å². The van der Waals surface area contributed by atoms with Crippen LogP contribution in [0.5, 0.6) is 0 Å². The molecule has 0 spiro atoms. The van der Waals surface area contributed by atoms with Crippen molar-refractivity contribution in [2.45, 2.75) is 56.9 Å². The van der Waals surface area contributed by atoms with Gasteiger partial charge in [0, 0.05) is 6.61 Å². The van der Waals surface area contributed by atoms with E-state index in [4.69, 9.17) is 23.7 Å². The summed E-state index contributed by atoms with van der Waals surface area (Å²) in [6, 6.07) is 28.4. The van der Waals surface area contributed by atoms with E-state index in [2.05, 4.69) is 0 Å². The third kappa shape index (κ3) is 11.2. The Balaban J connectivity index is 0.00000462. The van der Waals surface area contributed by atoms with Crippen molar-refractivity contribution < 1.29 is 71.3 Å². The summed E-state index contributed by atoms with van der Waals surface area (Å²) in [6.45, 7) is 0.552. The number of aliphatic hydroxyl groups excluding tert-OH is 1. The molecule has 1 saturated heterocycles. The minimum atomic E-state index is -4.70. The van der Waals surface area contributed by atoms with Gasteiger partial charge in [-0.15, -0.1) is 0 Å². The second-order valence-electron chi connectivity index (χ2n) is 9.50. The zero-order valence-electron chi connectivity index (χ0n) is 23.1. The molecule has 1 N–H and O–H groups in total. The van der Waals surface area contributed by atoms with Crippen molar-refractivity contribution in [1.82, 2.24) is 0 Å². The van der Waals surface area contributed by atoms with Crippen LogP contribution in [0.2, 0.25) is 0 Å². The van der Waals surface area contributed by atoms with Gasteiger partial charge in [0.1, 0.15) is 24.4 Å². The number of hydrogen-bond acceptors (Lipinski definition) is 9. The zero-order chi connectivity index (χ0) is 28.2. The van der Waals surface area contributed by atoms with E-state index in [1.807, 2.05) is 91.0 Å². The van der Waals surface area contributed by atoms with Gasteiger partial charge in [-0.05, 0) is 23.1 Å². The van der Waals surface area contributed by atoms with Gasteiger partial charge in [-0.1, -0.05) is 91.0 Å². The minimum absolute atomic E-state index is 0. The molecule has 9 nitrogen and oxygen atoms in total. The number of ether oxygens (including phenoxy) is 5. The van der Waals surface area contributed by atoms with Crippen LogP contribution < -0.4 is 29.6 Å². The Morgan fingerprint density at radius 2 is 1.12 bits per heavy atom. The molecule has 0 radical (unpaired) electrons. The molecule has 0 saturated carbocycles. The predicted molar refractivity (Wildman–Crippen MR) is 146 cm³/mol. The Kier molecular flexibility index (Phi) is 14.4. The second-order valence-corrected chi connectivity index (χ2v) is 10.9. The van der Waals surface area contributed by atoms with E-state index in [-0.39, 0.29) is 62.6 Å². The molecule has 3 aromatic carbocycles. The zero-order valence-corrected chi connectivity index (χ0v) is 25.9. The van der Waals surface area contributed by atoms with E-state index in [0.29, 0.717) is 6.42 Å². The molecule has 0 amide bonds. The molecule has 4 rings (SSSR count). The molecular weight excluding hydrogens is 559 g/mol. The summed E-state index contributed by atoms with van der Waals surface area (Å²) in [5.74, 6) is -0.830. The summed E-state index contributed by atoms with van der Waals surface area (Å²) in [5, 5.41) is 9.28. The molecule has 0 bridgehead atoms. The Hall–Kier alpha value is -1.67. The van der Waals surface area contributed by atoms with Crippen LogP contribution in [0.3, 0.4) is 0 Å². The summed E-state index contributed by atoms with van der Waals surface area (Å²) in [7, 11) is -4.70. The Bertz CT molecular complexity index is 1230. The van der Waals surface area contributed by atoms with Crippen molar-refractivity contribution in [2.24, 2.45) is 0 Å². The average molecular weight is 595 g/mol. The van der Waals surface area contributed by atoms with Gasteiger partial charge in [0.05, 0.1) is 42.3 Å². The molecule has 5 atom stereocenters. The van der Waals surface area contributed by atoms with Crippen molar-refractivity contribution in [1.29, 1.82) is 0 Å². The molecule has 0 unspecified atom stereocenters. The minimum Gasteiger partial charge on any atom is -0.748 e. The smallest absolute Gasteiger partial charge is 0.748 e. The standard InChI is InChI=1S/C30H36O9S.Na/c31-17-10-18-35-30-29(38-21-25-15-8-3-9-16-25)28(37-20-24-13-6-2-7-14-24)27(26(39-30)22-40(32,33)34)36-19-23-11-4-1-5-12-23;/h1-9,11-16,26-31H,10,17-22H2,(H,32,33,34);/q;+1/p-1/t26-,27+,28+,29-,30+;/m1./s1. The van der Waals surface area contributed by atoms with Gasteiger partial charge < -0.3 is 33.3 Å². The van der Waals surface area contributed by atoms with Crippen molar-refractivity contribution in [3.05, 3.63) is 108 Å². The van der Waals surface area contributed by atoms with Crippen molar-refractivity contribution in [3.63, 3.8) is 0 Å². The van der Waals surface area contributed by atoms with E-state index >= 15 is 0 Å². The van der Waals surface area contributed by atoms with E-state index in [1.165, 1.54) is 0 Å². The van der Waals surface area contributed by atoms with Gasteiger partial charge in [-0.2, -0.15) is 0 Å². The largest absolute Gasteiger partial charge is 1.00 e. The molecule has 1 fully saturated rings. The Labute approximate surface area is 263 Å². The fraction of sp³-hybridized carbons (Fsp3) is 0.400. The quantitative estimate of drug-likeness (QED) is 0.151. The maximum atomic E-state index is 11.9. The fourth-order valence-electron chi connectivity index (χ4n) is 4.48. The first-order valence-corrected chi connectivity index (χ1v) is 14.8. The average Bonchev–Trinajstić information content (AvgIpc) is 2.96. The summed E-state index contributed by atoms with van der Waals surface area (Å²) in [4.78, 5) is 0. The van der Waals surface area contributed by atoms with Crippen LogP contribution in [0.15, 0.2) is 91.0 Å². The van der Waals surface area contributed by atoms with Crippen LogP contribution in [0.1, 0.15) is 23.1 Å². The molecule has 1 aliphatic heterocycles. The van der Waals surface area contributed by atoms with Crippen molar-refractivity contribution in [3.8, 4) is 0 Å². The molecule has 41 heavy (non-hydrogen) atoms. The second kappa shape index (κ2) is 17.4. The number of benzene rings is 3. The van der Waals surface area contributed by atoms with E-state index in [1.54, 1.807) is 0 Å². The molecule has 1 heterocycles. The molecule has 11 heteroatoms. The van der Waals surface area contributed by atoms with Crippen LogP contribution in [-0.2, 0) is 53.6 Å². The number of aliphatic hydroxyl groups is 1. The summed E-state index contributed by atoms with van der Waals surface area (Å²) in [6.07, 6.45) is -4.58. The van der Waals surface area contributed by atoms with Gasteiger partial charge in [0.2, 0.25) is 0 Å². The van der Waals surface area contributed by atoms with Gasteiger partial charge in [0.15, 0.2) is 6.29 Å². The first-order valence-electron chi connectivity index (χ1n) is 13.2. The normalized spacial score (nSPS) is 22.6. The maximum Gasteiger partial charge on any atom is 1.00 e. The summed E-state index contributed by atoms with van der Waals surface area (Å²) < 4.78 is 66.8. The topological polar surface area (TPSA) is 124 Å². The van der Waals surface area contributed by atoms with Crippen molar-refractivity contribution in [2.75, 3.05) is 19.0 Å². The molecule has 0 aliphatic carbocycles. The first-order chi connectivity index (χ1) is 19.4. The van der Waals surface area contributed by atoms with Crippen LogP contribution in [0.4, 0.5) is 0 Å². The van der Waals surface area contributed by atoms with Crippen LogP contribution >= 0.6 is 0 Å². The molecule has 216 valence electrons. The summed E-state index contributed by atoms with van der Waals surface area (Å²) >= 11 is 0. The van der Waals surface area contributed by atoms with Crippen LogP contribution in [-0.4, -0.2) is 67.7 Å². The number of rotatable bonds is 15. The van der Waals surface area contributed by atoms with Crippen LogP contribution in [0.25, 0.3) is 0 Å². The molecule has 1 aliphatic rings. The summed E-state index contributed by atoms with van der Waals surface area (Å²) in [5.41, 5.74) is 2.66.